The number of anilines is 2. The van der Waals surface area contributed by atoms with Crippen LogP contribution in [0.25, 0.3) is 0 Å². The van der Waals surface area contributed by atoms with E-state index in [1.165, 1.54) is 37.4 Å². The standard InChI is InChI=1S/C20H30N4O4S/c1-29-13-10-17(23-20(21)27)19(26)28-14-18(25)22-15-6-8-16(9-7-15)24-11-4-2-3-5-12-24/h6-9,17H,2-5,10-14H2,1H3,(H,22,25)(H3,21,23,27)/t17-/m1/s1. The van der Waals surface area contributed by atoms with E-state index in [2.05, 4.69) is 15.5 Å². The average molecular weight is 423 g/mol. The Morgan fingerprint density at radius 2 is 1.79 bits per heavy atom. The molecule has 0 saturated carbocycles. The van der Waals surface area contributed by atoms with Gasteiger partial charge >= 0.3 is 12.0 Å². The molecule has 0 radical (unpaired) electrons. The highest BCUT2D eigenvalue weighted by Crippen LogP contribution is 2.21. The van der Waals surface area contributed by atoms with Crippen molar-refractivity contribution in [2.45, 2.75) is 38.1 Å². The molecule has 29 heavy (non-hydrogen) atoms. The fourth-order valence-electron chi connectivity index (χ4n) is 3.18. The van der Waals surface area contributed by atoms with Crippen LogP contribution in [0.2, 0.25) is 0 Å². The van der Waals surface area contributed by atoms with Crippen LogP contribution in [0, 0.1) is 0 Å². The Morgan fingerprint density at radius 3 is 2.38 bits per heavy atom. The van der Waals surface area contributed by atoms with E-state index >= 15 is 0 Å². The summed E-state index contributed by atoms with van der Waals surface area (Å²) in [4.78, 5) is 37.6. The Morgan fingerprint density at radius 1 is 1.14 bits per heavy atom. The highest BCUT2D eigenvalue weighted by molar-refractivity contribution is 7.98. The highest BCUT2D eigenvalue weighted by Gasteiger charge is 2.22. The lowest BCUT2D eigenvalue weighted by Crippen LogP contribution is -2.45. The molecular weight excluding hydrogens is 392 g/mol. The number of nitrogens with one attached hydrogen (secondary N) is 2. The predicted molar refractivity (Wildman–Crippen MR) is 116 cm³/mol. The monoisotopic (exact) mass is 422 g/mol. The molecule has 0 spiro atoms. The Kier molecular flexibility index (Phi) is 9.63. The zero-order chi connectivity index (χ0) is 21.1. The van der Waals surface area contributed by atoms with Crippen molar-refractivity contribution in [3.63, 3.8) is 0 Å². The number of benzene rings is 1. The lowest BCUT2D eigenvalue weighted by Gasteiger charge is -2.22. The van der Waals surface area contributed by atoms with Gasteiger partial charge in [-0.05, 0) is 55.5 Å². The number of hydrogen-bond acceptors (Lipinski definition) is 6. The molecule has 3 amide bonds. The fourth-order valence-corrected chi connectivity index (χ4v) is 3.65. The Balaban J connectivity index is 1.81. The SMILES string of the molecule is CSCC[C@@H](NC(N)=O)C(=O)OCC(=O)Nc1ccc(N2CCCCCC2)cc1. The number of rotatable bonds is 9. The number of esters is 1. The van der Waals surface area contributed by atoms with Crippen molar-refractivity contribution in [3.8, 4) is 0 Å². The molecule has 1 atom stereocenters. The first-order valence-corrected chi connectivity index (χ1v) is 11.3. The predicted octanol–water partition coefficient (Wildman–Crippen LogP) is 2.34. The van der Waals surface area contributed by atoms with E-state index in [0.717, 1.165) is 18.8 Å². The second-order valence-electron chi connectivity index (χ2n) is 6.95. The quantitative estimate of drug-likeness (QED) is 0.527. The van der Waals surface area contributed by atoms with Crippen molar-refractivity contribution in [2.75, 3.05) is 41.9 Å². The molecule has 1 aromatic rings. The van der Waals surface area contributed by atoms with E-state index in [4.69, 9.17) is 10.5 Å². The Labute approximate surface area is 175 Å². The summed E-state index contributed by atoms with van der Waals surface area (Å²) in [6, 6.07) is 6.00. The third-order valence-electron chi connectivity index (χ3n) is 4.68. The summed E-state index contributed by atoms with van der Waals surface area (Å²) in [5.41, 5.74) is 6.87. The van der Waals surface area contributed by atoms with Crippen LogP contribution in [0.15, 0.2) is 24.3 Å². The maximum absolute atomic E-state index is 12.1. The number of nitrogens with two attached hydrogens (primary N) is 1. The molecule has 1 saturated heterocycles. The zero-order valence-electron chi connectivity index (χ0n) is 16.8. The molecule has 0 bridgehead atoms. The largest absolute Gasteiger partial charge is 0.454 e. The van der Waals surface area contributed by atoms with Crippen LogP contribution in [0.3, 0.4) is 0 Å². The van der Waals surface area contributed by atoms with Crippen molar-refractivity contribution in [1.29, 1.82) is 0 Å². The van der Waals surface area contributed by atoms with Crippen LogP contribution in [0.5, 0.6) is 0 Å². The van der Waals surface area contributed by atoms with Crippen LogP contribution in [-0.2, 0) is 14.3 Å². The van der Waals surface area contributed by atoms with Gasteiger partial charge in [0.2, 0.25) is 0 Å². The number of ether oxygens (including phenoxy) is 1. The van der Waals surface area contributed by atoms with E-state index in [1.807, 2.05) is 30.5 Å². The normalized spacial score (nSPS) is 15.1. The van der Waals surface area contributed by atoms with Gasteiger partial charge in [0.15, 0.2) is 6.61 Å². The van der Waals surface area contributed by atoms with Gasteiger partial charge in [-0.1, -0.05) is 12.8 Å². The van der Waals surface area contributed by atoms with Gasteiger partial charge in [0.25, 0.3) is 5.91 Å². The maximum atomic E-state index is 12.1. The van der Waals surface area contributed by atoms with Crippen molar-refractivity contribution >= 4 is 41.0 Å². The minimum Gasteiger partial charge on any atom is -0.454 e. The van der Waals surface area contributed by atoms with E-state index in [1.54, 1.807) is 0 Å². The van der Waals surface area contributed by atoms with Crippen LogP contribution >= 0.6 is 11.8 Å². The lowest BCUT2D eigenvalue weighted by molar-refractivity contribution is -0.149. The first-order chi connectivity index (χ1) is 14.0. The van der Waals surface area contributed by atoms with Gasteiger partial charge in [0.05, 0.1) is 0 Å². The molecule has 9 heteroatoms. The molecule has 0 aliphatic carbocycles. The molecule has 1 heterocycles. The minimum atomic E-state index is -0.861. The first-order valence-electron chi connectivity index (χ1n) is 9.86. The highest BCUT2D eigenvalue weighted by atomic mass is 32.2. The molecule has 8 nitrogen and oxygen atoms in total. The molecule has 1 aromatic carbocycles. The number of thioether (sulfide) groups is 1. The van der Waals surface area contributed by atoms with E-state index < -0.39 is 30.6 Å². The summed E-state index contributed by atoms with van der Waals surface area (Å²) in [6.07, 6.45) is 7.21. The van der Waals surface area contributed by atoms with Crippen LogP contribution in [0.1, 0.15) is 32.1 Å². The van der Waals surface area contributed by atoms with Gasteiger partial charge < -0.3 is 26.0 Å². The topological polar surface area (TPSA) is 114 Å². The van der Waals surface area contributed by atoms with Gasteiger partial charge in [-0.25, -0.2) is 9.59 Å². The third-order valence-corrected chi connectivity index (χ3v) is 5.32. The second-order valence-corrected chi connectivity index (χ2v) is 7.93. The number of nitrogens with zero attached hydrogens (tertiary/aromatic N) is 1. The molecule has 1 fully saturated rings. The number of primary amides is 1. The number of hydrogen-bond donors (Lipinski definition) is 3. The summed E-state index contributed by atoms with van der Waals surface area (Å²) < 4.78 is 5.03. The average Bonchev–Trinajstić information content (AvgIpc) is 2.99. The second kappa shape index (κ2) is 12.2. The molecule has 4 N–H and O–H groups in total. The van der Waals surface area contributed by atoms with E-state index in [0.29, 0.717) is 17.9 Å². The van der Waals surface area contributed by atoms with E-state index in [9.17, 15) is 14.4 Å². The zero-order valence-corrected chi connectivity index (χ0v) is 17.6. The van der Waals surface area contributed by atoms with Crippen LogP contribution < -0.4 is 21.3 Å². The smallest absolute Gasteiger partial charge is 0.329 e. The molecule has 0 aromatic heterocycles. The van der Waals surface area contributed by atoms with Gasteiger partial charge in [0, 0.05) is 24.5 Å². The van der Waals surface area contributed by atoms with E-state index in [-0.39, 0.29) is 0 Å². The van der Waals surface area contributed by atoms with Crippen molar-refractivity contribution in [1.82, 2.24) is 5.32 Å². The van der Waals surface area contributed by atoms with Crippen LogP contribution in [0.4, 0.5) is 16.2 Å². The molecule has 2 rings (SSSR count). The molecule has 0 unspecified atom stereocenters. The first kappa shape index (κ1) is 22.9. The summed E-state index contributed by atoms with van der Waals surface area (Å²) in [5.74, 6) is -0.469. The lowest BCUT2D eigenvalue weighted by atomic mass is 10.2. The maximum Gasteiger partial charge on any atom is 0.329 e. The summed E-state index contributed by atoms with van der Waals surface area (Å²) in [6.45, 7) is 1.68. The molecular formula is C20H30N4O4S. The van der Waals surface area contributed by atoms with Gasteiger partial charge in [-0.3, -0.25) is 4.79 Å². The fraction of sp³-hybridized carbons (Fsp3) is 0.550. The minimum absolute atomic E-state index is 0.378. The number of amides is 3. The summed E-state index contributed by atoms with van der Waals surface area (Å²) >= 11 is 1.53. The summed E-state index contributed by atoms with van der Waals surface area (Å²) in [7, 11) is 0. The number of carbonyl (C=O) groups excluding carboxylic acids is 3. The van der Waals surface area contributed by atoms with Crippen LogP contribution in [-0.4, -0.2) is 55.7 Å². The van der Waals surface area contributed by atoms with Gasteiger partial charge in [0.1, 0.15) is 6.04 Å². The molecule has 1 aliphatic rings. The van der Waals surface area contributed by atoms with Crippen molar-refractivity contribution in [3.05, 3.63) is 24.3 Å². The van der Waals surface area contributed by atoms with Gasteiger partial charge in [-0.15, -0.1) is 0 Å². The van der Waals surface area contributed by atoms with Crippen molar-refractivity contribution < 1.29 is 19.1 Å². The summed E-state index contributed by atoms with van der Waals surface area (Å²) in [5, 5.41) is 5.06. The third kappa shape index (κ3) is 8.23. The Hall–Kier alpha value is -2.42. The molecule has 160 valence electrons. The van der Waals surface area contributed by atoms with Crippen molar-refractivity contribution in [2.24, 2.45) is 5.73 Å². The number of carbonyl (C=O) groups is 3. The number of urea groups is 1. The Bertz CT molecular complexity index is 676. The molecule has 1 aliphatic heterocycles. The van der Waals surface area contributed by atoms with Gasteiger partial charge in [-0.2, -0.15) is 11.8 Å².